The molecule has 1 aromatic heterocycles. The number of carboxylic acid groups (broad SMARTS) is 1. The van der Waals surface area contributed by atoms with Gasteiger partial charge in [0.25, 0.3) is 0 Å². The summed E-state index contributed by atoms with van der Waals surface area (Å²) in [6.45, 7) is 3.79. The number of methoxy groups -OCH3 is 1. The van der Waals surface area contributed by atoms with Gasteiger partial charge in [-0.2, -0.15) is 9.90 Å². The van der Waals surface area contributed by atoms with Gasteiger partial charge in [-0.3, -0.25) is 0 Å². The van der Waals surface area contributed by atoms with Crippen LogP contribution >= 0.6 is 0 Å². The molecule has 0 aliphatic carbocycles. The smallest absolute Gasteiger partial charge is 0.358 e. The number of ether oxygens (including phenoxy) is 1. The summed E-state index contributed by atoms with van der Waals surface area (Å²) >= 11 is 0. The molecule has 0 aliphatic heterocycles. The normalized spacial score (nSPS) is 10.5. The molecule has 0 amide bonds. The summed E-state index contributed by atoms with van der Waals surface area (Å²) < 4.78 is 5.24. The fraction of sp³-hybridized carbons (Fsp3) is 0.308. The molecule has 0 aliphatic rings. The molecule has 0 fully saturated rings. The van der Waals surface area contributed by atoms with Crippen molar-refractivity contribution in [1.29, 1.82) is 0 Å². The first-order chi connectivity index (χ1) is 8.93. The molecule has 0 saturated heterocycles. The van der Waals surface area contributed by atoms with E-state index in [0.29, 0.717) is 5.69 Å². The van der Waals surface area contributed by atoms with Crippen LogP contribution in [0.1, 0.15) is 21.6 Å². The van der Waals surface area contributed by atoms with Crippen LogP contribution in [0.15, 0.2) is 12.1 Å². The minimum Gasteiger partial charge on any atom is -0.496 e. The third kappa shape index (κ3) is 2.29. The largest absolute Gasteiger partial charge is 0.496 e. The lowest BCUT2D eigenvalue weighted by molar-refractivity contribution is 0.0690. The van der Waals surface area contributed by atoms with E-state index in [1.165, 1.54) is 4.80 Å². The van der Waals surface area contributed by atoms with Gasteiger partial charge in [0.2, 0.25) is 0 Å². The van der Waals surface area contributed by atoms with Crippen LogP contribution in [-0.4, -0.2) is 33.2 Å². The van der Waals surface area contributed by atoms with E-state index in [4.69, 9.17) is 9.84 Å². The van der Waals surface area contributed by atoms with Crippen molar-refractivity contribution in [2.24, 2.45) is 7.05 Å². The highest BCUT2D eigenvalue weighted by molar-refractivity contribution is 5.93. The van der Waals surface area contributed by atoms with Crippen molar-refractivity contribution in [2.75, 3.05) is 7.11 Å². The second-order valence-corrected chi connectivity index (χ2v) is 4.33. The zero-order valence-corrected chi connectivity index (χ0v) is 11.3. The molecule has 100 valence electrons. The predicted octanol–water partition coefficient (Wildman–Crippen LogP) is 1.81. The lowest BCUT2D eigenvalue weighted by Crippen LogP contribution is -2.01. The van der Waals surface area contributed by atoms with E-state index in [-0.39, 0.29) is 5.69 Å². The maximum atomic E-state index is 11.2. The van der Waals surface area contributed by atoms with Crippen molar-refractivity contribution in [3.63, 3.8) is 0 Å². The van der Waals surface area contributed by atoms with Gasteiger partial charge in [0.05, 0.1) is 7.11 Å². The summed E-state index contributed by atoms with van der Waals surface area (Å²) in [5.74, 6) is -0.321. The average Bonchev–Trinajstić information content (AvgIpc) is 2.73. The Morgan fingerprint density at radius 3 is 2.53 bits per heavy atom. The van der Waals surface area contributed by atoms with Crippen molar-refractivity contribution in [3.05, 3.63) is 29.0 Å². The first-order valence-corrected chi connectivity index (χ1v) is 5.74. The molecule has 0 bridgehead atoms. The molecule has 0 radical (unpaired) electrons. The highest BCUT2D eigenvalue weighted by Crippen LogP contribution is 2.30. The summed E-state index contributed by atoms with van der Waals surface area (Å²) in [4.78, 5) is 12.4. The van der Waals surface area contributed by atoms with Gasteiger partial charge in [-0.15, -0.1) is 5.10 Å². The number of hydrogen-bond acceptors (Lipinski definition) is 4. The van der Waals surface area contributed by atoms with Gasteiger partial charge in [0.15, 0.2) is 5.69 Å². The molecule has 19 heavy (non-hydrogen) atoms. The van der Waals surface area contributed by atoms with Gasteiger partial charge in [-0.05, 0) is 37.1 Å². The first kappa shape index (κ1) is 13.1. The fourth-order valence-electron chi connectivity index (χ4n) is 2.00. The first-order valence-electron chi connectivity index (χ1n) is 5.74. The second-order valence-electron chi connectivity index (χ2n) is 4.33. The summed E-state index contributed by atoms with van der Waals surface area (Å²) in [5, 5.41) is 17.2. The molecule has 0 atom stereocenters. The van der Waals surface area contributed by atoms with Crippen LogP contribution in [0.5, 0.6) is 5.75 Å². The molecule has 0 saturated carbocycles. The summed E-state index contributed by atoms with van der Waals surface area (Å²) in [6, 6.07) is 3.73. The number of hydrogen-bond donors (Lipinski definition) is 1. The van der Waals surface area contributed by atoms with E-state index in [0.717, 1.165) is 22.4 Å². The molecule has 6 heteroatoms. The monoisotopic (exact) mass is 261 g/mol. The Bertz CT molecular complexity index is 647. The van der Waals surface area contributed by atoms with Gasteiger partial charge in [-0.25, -0.2) is 4.79 Å². The zero-order valence-electron chi connectivity index (χ0n) is 11.3. The summed E-state index contributed by atoms with van der Waals surface area (Å²) in [5.41, 5.74) is 2.90. The van der Waals surface area contributed by atoms with Crippen molar-refractivity contribution >= 4 is 5.97 Å². The molecule has 1 N–H and O–H groups in total. The minimum absolute atomic E-state index is 0.0461. The number of carboxylic acids is 1. The predicted molar refractivity (Wildman–Crippen MR) is 69.4 cm³/mol. The van der Waals surface area contributed by atoms with Gasteiger partial charge in [0, 0.05) is 12.6 Å². The van der Waals surface area contributed by atoms with Crippen molar-refractivity contribution in [3.8, 4) is 17.0 Å². The zero-order chi connectivity index (χ0) is 14.2. The van der Waals surface area contributed by atoms with E-state index < -0.39 is 5.97 Å². The fourth-order valence-corrected chi connectivity index (χ4v) is 2.00. The van der Waals surface area contributed by atoms with Crippen molar-refractivity contribution in [1.82, 2.24) is 15.0 Å². The van der Waals surface area contributed by atoms with Crippen LogP contribution in [-0.2, 0) is 7.05 Å². The van der Waals surface area contributed by atoms with E-state index in [9.17, 15) is 4.79 Å². The number of aromatic nitrogens is 3. The SMILES string of the molecule is COc1cc(C)c(-c2nn(C)nc2C(=O)O)cc1C. The average molecular weight is 261 g/mol. The molecule has 1 aromatic carbocycles. The third-order valence-electron chi connectivity index (χ3n) is 2.91. The molecular formula is C13H15N3O3. The molecule has 6 nitrogen and oxygen atoms in total. The topological polar surface area (TPSA) is 77.2 Å². The quantitative estimate of drug-likeness (QED) is 0.911. The molecule has 0 spiro atoms. The van der Waals surface area contributed by atoms with E-state index in [1.54, 1.807) is 14.2 Å². The molecular weight excluding hydrogens is 246 g/mol. The molecule has 2 aromatic rings. The maximum Gasteiger partial charge on any atom is 0.358 e. The van der Waals surface area contributed by atoms with Crippen LogP contribution in [0.3, 0.4) is 0 Å². The summed E-state index contributed by atoms with van der Waals surface area (Å²) in [7, 11) is 3.20. The van der Waals surface area contributed by atoms with Crippen LogP contribution in [0, 0.1) is 13.8 Å². The van der Waals surface area contributed by atoms with Crippen molar-refractivity contribution in [2.45, 2.75) is 13.8 Å². The lowest BCUT2D eigenvalue weighted by atomic mass is 10.0. The third-order valence-corrected chi connectivity index (χ3v) is 2.91. The van der Waals surface area contributed by atoms with E-state index in [2.05, 4.69) is 10.2 Å². The van der Waals surface area contributed by atoms with Crippen LogP contribution in [0.2, 0.25) is 0 Å². The maximum absolute atomic E-state index is 11.2. The minimum atomic E-state index is -1.09. The Morgan fingerprint density at radius 1 is 1.26 bits per heavy atom. The lowest BCUT2D eigenvalue weighted by Gasteiger charge is -2.09. The van der Waals surface area contributed by atoms with Crippen LogP contribution < -0.4 is 4.74 Å². The number of carbonyl (C=O) groups is 1. The van der Waals surface area contributed by atoms with Crippen molar-refractivity contribution < 1.29 is 14.6 Å². The molecule has 2 rings (SSSR count). The Hall–Kier alpha value is -2.37. The van der Waals surface area contributed by atoms with Crippen LogP contribution in [0.25, 0.3) is 11.3 Å². The Balaban J connectivity index is 2.65. The standard InChI is InChI=1S/C13H15N3O3/c1-7-6-10(19-4)8(2)5-9(7)11-12(13(17)18)15-16(3)14-11/h5-6H,1-4H3,(H,17,18). The highest BCUT2D eigenvalue weighted by Gasteiger charge is 2.20. The van der Waals surface area contributed by atoms with Gasteiger partial charge in [-0.1, -0.05) is 0 Å². The second kappa shape index (κ2) is 4.72. The number of benzene rings is 1. The number of nitrogens with zero attached hydrogens (tertiary/aromatic N) is 3. The van der Waals surface area contributed by atoms with E-state index >= 15 is 0 Å². The Labute approximate surface area is 110 Å². The molecule has 0 unspecified atom stereocenters. The van der Waals surface area contributed by atoms with Gasteiger partial charge in [0.1, 0.15) is 11.4 Å². The van der Waals surface area contributed by atoms with Gasteiger partial charge >= 0.3 is 5.97 Å². The number of aryl methyl sites for hydroxylation is 3. The Morgan fingerprint density at radius 2 is 1.95 bits per heavy atom. The van der Waals surface area contributed by atoms with Gasteiger partial charge < -0.3 is 9.84 Å². The summed E-state index contributed by atoms with van der Waals surface area (Å²) in [6.07, 6.45) is 0. The number of rotatable bonds is 3. The molecule has 1 heterocycles. The van der Waals surface area contributed by atoms with Crippen LogP contribution in [0.4, 0.5) is 0 Å². The highest BCUT2D eigenvalue weighted by atomic mass is 16.5. The van der Waals surface area contributed by atoms with E-state index in [1.807, 2.05) is 26.0 Å². The number of aromatic carboxylic acids is 1. The Kier molecular flexibility index (Phi) is 3.25.